The Morgan fingerprint density at radius 2 is 1.89 bits per heavy atom. The van der Waals surface area contributed by atoms with Crippen LogP contribution in [0.1, 0.15) is 21.5 Å². The Bertz CT molecular complexity index is 831. The minimum absolute atomic E-state index is 0.154. The smallest absolute Gasteiger partial charge is 0.337 e. The predicted molar refractivity (Wildman–Crippen MR) is 110 cm³/mol. The molecule has 2 aromatic carbocycles. The molecule has 0 saturated heterocycles. The molecule has 1 N–H and O–H groups in total. The molecular weight excluding hydrogens is 356 g/mol. The molecule has 0 atom stereocenters. The predicted octanol–water partition coefficient (Wildman–Crippen LogP) is 3.42. The second-order valence-corrected chi connectivity index (χ2v) is 6.49. The Labute approximate surface area is 165 Å². The molecule has 28 heavy (non-hydrogen) atoms. The maximum Gasteiger partial charge on any atom is 0.337 e. The second-order valence-electron chi connectivity index (χ2n) is 6.49. The number of anilines is 1. The minimum atomic E-state index is -0.437. The number of benzene rings is 2. The fourth-order valence-corrected chi connectivity index (χ4v) is 2.65. The molecule has 0 saturated carbocycles. The average molecular weight is 382 g/mol. The van der Waals surface area contributed by atoms with E-state index in [1.54, 1.807) is 24.3 Å². The highest BCUT2D eigenvalue weighted by Gasteiger charge is 2.12. The van der Waals surface area contributed by atoms with E-state index in [0.717, 1.165) is 16.9 Å². The van der Waals surface area contributed by atoms with Crippen LogP contribution in [0.15, 0.2) is 55.1 Å². The zero-order chi connectivity index (χ0) is 20.5. The Morgan fingerprint density at radius 3 is 2.54 bits per heavy atom. The van der Waals surface area contributed by atoms with Crippen molar-refractivity contribution in [1.29, 1.82) is 0 Å². The van der Waals surface area contributed by atoms with Gasteiger partial charge in [-0.15, -0.1) is 0 Å². The zero-order valence-corrected chi connectivity index (χ0v) is 16.5. The van der Waals surface area contributed by atoms with Crippen LogP contribution in [0.2, 0.25) is 0 Å². The fourth-order valence-electron chi connectivity index (χ4n) is 2.65. The van der Waals surface area contributed by atoms with Gasteiger partial charge in [-0.3, -0.25) is 9.69 Å². The van der Waals surface area contributed by atoms with Gasteiger partial charge in [0.1, 0.15) is 12.4 Å². The normalized spacial score (nSPS) is 10.4. The van der Waals surface area contributed by atoms with Gasteiger partial charge < -0.3 is 14.8 Å². The molecule has 1 amide bonds. The van der Waals surface area contributed by atoms with Crippen LogP contribution in [0.4, 0.5) is 5.69 Å². The first kappa shape index (κ1) is 21.2. The second kappa shape index (κ2) is 10.3. The maximum absolute atomic E-state index is 12.4. The first-order valence-corrected chi connectivity index (χ1v) is 8.93. The standard InChI is InChI=1S/C22H26N2O4/c1-5-12-28-19-10-7-17(8-11-19)14-24(3)15-21(25)23-20-13-18(22(26)27-4)9-6-16(20)2/h5-11,13H,1,12,14-15H2,2-4H3,(H,23,25). The van der Waals surface area contributed by atoms with Crippen LogP contribution >= 0.6 is 0 Å². The molecule has 2 rings (SSSR count). The van der Waals surface area contributed by atoms with Crippen molar-refractivity contribution < 1.29 is 19.1 Å². The minimum Gasteiger partial charge on any atom is -0.490 e. The summed E-state index contributed by atoms with van der Waals surface area (Å²) in [5.41, 5.74) is 2.95. The summed E-state index contributed by atoms with van der Waals surface area (Å²) in [6.45, 7) is 6.80. The van der Waals surface area contributed by atoms with Crippen LogP contribution in [0.5, 0.6) is 5.75 Å². The molecule has 2 aromatic rings. The molecule has 0 aliphatic rings. The van der Waals surface area contributed by atoms with Crippen molar-refractivity contribution in [3.05, 3.63) is 71.8 Å². The number of carbonyl (C=O) groups is 2. The highest BCUT2D eigenvalue weighted by molar-refractivity contribution is 5.96. The number of carbonyl (C=O) groups excluding carboxylic acids is 2. The van der Waals surface area contributed by atoms with E-state index in [4.69, 9.17) is 9.47 Å². The number of likely N-dealkylation sites (N-methyl/N-ethyl adjacent to an activating group) is 1. The van der Waals surface area contributed by atoms with Gasteiger partial charge in [-0.05, 0) is 49.4 Å². The zero-order valence-electron chi connectivity index (χ0n) is 16.5. The van der Waals surface area contributed by atoms with Crippen LogP contribution in [0.3, 0.4) is 0 Å². The molecular formula is C22H26N2O4. The molecule has 0 spiro atoms. The third-order valence-electron chi connectivity index (χ3n) is 4.09. The van der Waals surface area contributed by atoms with Crippen molar-refractivity contribution in [3.63, 3.8) is 0 Å². The summed E-state index contributed by atoms with van der Waals surface area (Å²) in [6, 6.07) is 12.8. The summed E-state index contributed by atoms with van der Waals surface area (Å²) in [5.74, 6) is 0.191. The number of ether oxygens (including phenoxy) is 2. The average Bonchev–Trinajstić information content (AvgIpc) is 2.68. The lowest BCUT2D eigenvalue weighted by Gasteiger charge is -2.17. The van der Waals surface area contributed by atoms with Gasteiger partial charge >= 0.3 is 5.97 Å². The first-order chi connectivity index (χ1) is 13.4. The summed E-state index contributed by atoms with van der Waals surface area (Å²) < 4.78 is 10.2. The summed E-state index contributed by atoms with van der Waals surface area (Å²) in [7, 11) is 3.20. The summed E-state index contributed by atoms with van der Waals surface area (Å²) >= 11 is 0. The summed E-state index contributed by atoms with van der Waals surface area (Å²) in [6.07, 6.45) is 1.70. The molecule has 0 aliphatic carbocycles. The summed E-state index contributed by atoms with van der Waals surface area (Å²) in [4.78, 5) is 26.0. The van der Waals surface area contributed by atoms with E-state index >= 15 is 0 Å². The number of hydrogen-bond donors (Lipinski definition) is 1. The number of amides is 1. The maximum atomic E-state index is 12.4. The summed E-state index contributed by atoms with van der Waals surface area (Å²) in [5, 5.41) is 2.86. The van der Waals surface area contributed by atoms with Gasteiger partial charge in [0.25, 0.3) is 0 Å². The SMILES string of the molecule is C=CCOc1ccc(CN(C)CC(=O)Nc2cc(C(=O)OC)ccc2C)cc1. The van der Waals surface area contributed by atoms with E-state index < -0.39 is 5.97 Å². The van der Waals surface area contributed by atoms with Gasteiger partial charge in [0.15, 0.2) is 0 Å². The number of nitrogens with one attached hydrogen (secondary N) is 1. The van der Waals surface area contributed by atoms with Gasteiger partial charge in [-0.2, -0.15) is 0 Å². The molecule has 0 bridgehead atoms. The Morgan fingerprint density at radius 1 is 1.18 bits per heavy atom. The number of esters is 1. The molecule has 0 aromatic heterocycles. The lowest BCUT2D eigenvalue weighted by molar-refractivity contribution is -0.117. The van der Waals surface area contributed by atoms with Gasteiger partial charge in [-0.25, -0.2) is 4.79 Å². The first-order valence-electron chi connectivity index (χ1n) is 8.93. The fraction of sp³-hybridized carbons (Fsp3) is 0.273. The molecule has 0 radical (unpaired) electrons. The van der Waals surface area contributed by atoms with Gasteiger partial charge in [-0.1, -0.05) is 30.9 Å². The van der Waals surface area contributed by atoms with E-state index in [-0.39, 0.29) is 12.5 Å². The van der Waals surface area contributed by atoms with Gasteiger partial charge in [0.05, 0.1) is 19.2 Å². The van der Waals surface area contributed by atoms with Crippen molar-refractivity contribution >= 4 is 17.6 Å². The molecule has 0 aliphatic heterocycles. The largest absolute Gasteiger partial charge is 0.490 e. The topological polar surface area (TPSA) is 67.9 Å². The molecule has 6 heteroatoms. The Kier molecular flexibility index (Phi) is 7.77. The van der Waals surface area contributed by atoms with Gasteiger partial charge in [0, 0.05) is 12.2 Å². The van der Waals surface area contributed by atoms with Crippen molar-refractivity contribution in [2.24, 2.45) is 0 Å². The van der Waals surface area contributed by atoms with E-state index in [2.05, 4.69) is 11.9 Å². The molecule has 0 heterocycles. The monoisotopic (exact) mass is 382 g/mol. The third-order valence-corrected chi connectivity index (χ3v) is 4.09. The van der Waals surface area contributed by atoms with E-state index in [0.29, 0.717) is 24.4 Å². The van der Waals surface area contributed by atoms with E-state index in [1.165, 1.54) is 7.11 Å². The molecule has 0 fully saturated rings. The highest BCUT2D eigenvalue weighted by Crippen LogP contribution is 2.18. The lowest BCUT2D eigenvalue weighted by Crippen LogP contribution is -2.30. The van der Waals surface area contributed by atoms with Crippen LogP contribution in [-0.2, 0) is 16.1 Å². The highest BCUT2D eigenvalue weighted by atomic mass is 16.5. The Hall–Kier alpha value is -3.12. The van der Waals surface area contributed by atoms with Crippen molar-refractivity contribution in [3.8, 4) is 5.75 Å². The van der Waals surface area contributed by atoms with Crippen LogP contribution in [0.25, 0.3) is 0 Å². The van der Waals surface area contributed by atoms with Crippen molar-refractivity contribution in [2.75, 3.05) is 32.6 Å². The number of hydrogen-bond acceptors (Lipinski definition) is 5. The lowest BCUT2D eigenvalue weighted by atomic mass is 10.1. The van der Waals surface area contributed by atoms with E-state index in [1.807, 2.05) is 43.1 Å². The van der Waals surface area contributed by atoms with Crippen molar-refractivity contribution in [2.45, 2.75) is 13.5 Å². The molecule has 148 valence electrons. The molecule has 6 nitrogen and oxygen atoms in total. The number of nitrogens with zero attached hydrogens (tertiary/aromatic N) is 1. The van der Waals surface area contributed by atoms with Crippen molar-refractivity contribution in [1.82, 2.24) is 4.90 Å². The number of rotatable bonds is 9. The number of methoxy groups -OCH3 is 1. The Balaban J connectivity index is 1.92. The van der Waals surface area contributed by atoms with E-state index in [9.17, 15) is 9.59 Å². The van der Waals surface area contributed by atoms with Crippen LogP contribution < -0.4 is 10.1 Å². The molecule has 0 unspecified atom stereocenters. The quantitative estimate of drug-likeness (QED) is 0.532. The number of aryl methyl sites for hydroxylation is 1. The third kappa shape index (κ3) is 6.25. The van der Waals surface area contributed by atoms with Gasteiger partial charge in [0.2, 0.25) is 5.91 Å². The van der Waals surface area contributed by atoms with Crippen LogP contribution in [-0.4, -0.2) is 44.1 Å². The van der Waals surface area contributed by atoms with Crippen LogP contribution in [0, 0.1) is 6.92 Å².